The number of nitrogens with two attached hydrogens (primary N) is 2. The van der Waals surface area contributed by atoms with Crippen molar-refractivity contribution in [2.24, 2.45) is 11.5 Å². The molecule has 0 aliphatic rings. The molecule has 0 rings (SSSR count). The van der Waals surface area contributed by atoms with Gasteiger partial charge < -0.3 is 11.5 Å². The van der Waals surface area contributed by atoms with Crippen molar-refractivity contribution in [3.05, 3.63) is 12.2 Å². The molecule has 0 aliphatic carbocycles. The van der Waals surface area contributed by atoms with Gasteiger partial charge in [-0.2, -0.15) is 0 Å². The lowest BCUT2D eigenvalue weighted by Crippen LogP contribution is -2.20. The fraction of sp³-hybridized carbons (Fsp3) is 0.905. The molecule has 0 radical (unpaired) electrons. The van der Waals surface area contributed by atoms with E-state index in [4.69, 9.17) is 11.5 Å². The van der Waals surface area contributed by atoms with Gasteiger partial charge in [0.05, 0.1) is 0 Å². The predicted molar refractivity (Wildman–Crippen MR) is 106 cm³/mol. The van der Waals surface area contributed by atoms with Crippen LogP contribution in [0.15, 0.2) is 12.2 Å². The standard InChI is InChI=1S/C21H44N2/c1-2-3-4-5-6-7-8-9-10-11-12-13-14-15-16-17-18-21(23)19-20-22/h17-18,21H,2-16,19-20,22-23H2,1H3. The van der Waals surface area contributed by atoms with Crippen molar-refractivity contribution in [1.82, 2.24) is 0 Å². The van der Waals surface area contributed by atoms with Crippen LogP contribution in [0.4, 0.5) is 0 Å². The third-order valence-electron chi connectivity index (χ3n) is 4.61. The van der Waals surface area contributed by atoms with Crippen molar-refractivity contribution in [2.75, 3.05) is 6.54 Å². The first-order chi connectivity index (χ1) is 11.3. The summed E-state index contributed by atoms with van der Waals surface area (Å²) in [6.45, 7) is 2.97. The molecule has 1 atom stereocenters. The molecule has 0 spiro atoms. The Morgan fingerprint density at radius 2 is 1.13 bits per heavy atom. The zero-order valence-corrected chi connectivity index (χ0v) is 15.9. The van der Waals surface area contributed by atoms with Crippen LogP contribution in [-0.4, -0.2) is 12.6 Å². The first-order valence-corrected chi connectivity index (χ1v) is 10.4. The number of allylic oxidation sites excluding steroid dienone is 1. The Morgan fingerprint density at radius 3 is 1.57 bits per heavy atom. The van der Waals surface area contributed by atoms with E-state index in [0.717, 1.165) is 6.42 Å². The van der Waals surface area contributed by atoms with Crippen LogP contribution in [-0.2, 0) is 0 Å². The molecule has 138 valence electrons. The second kappa shape index (κ2) is 19.7. The van der Waals surface area contributed by atoms with Gasteiger partial charge in [-0.3, -0.25) is 0 Å². The minimum atomic E-state index is 0.159. The van der Waals surface area contributed by atoms with E-state index >= 15 is 0 Å². The maximum atomic E-state index is 5.88. The summed E-state index contributed by atoms with van der Waals surface area (Å²) in [5.41, 5.74) is 11.4. The fourth-order valence-electron chi connectivity index (χ4n) is 3.02. The lowest BCUT2D eigenvalue weighted by molar-refractivity contribution is 0.536. The van der Waals surface area contributed by atoms with E-state index < -0.39 is 0 Å². The number of hydrogen-bond acceptors (Lipinski definition) is 2. The number of rotatable bonds is 18. The number of unbranched alkanes of at least 4 members (excludes halogenated alkanes) is 14. The summed E-state index contributed by atoms with van der Waals surface area (Å²) in [5.74, 6) is 0. The Labute approximate surface area is 146 Å². The van der Waals surface area contributed by atoms with E-state index in [-0.39, 0.29) is 6.04 Å². The topological polar surface area (TPSA) is 52.0 Å². The Morgan fingerprint density at radius 1 is 0.696 bits per heavy atom. The van der Waals surface area contributed by atoms with Crippen LogP contribution < -0.4 is 11.5 Å². The Balaban J connectivity index is 3.08. The molecule has 2 heteroatoms. The zero-order valence-electron chi connectivity index (χ0n) is 15.9. The van der Waals surface area contributed by atoms with Gasteiger partial charge in [0, 0.05) is 6.04 Å². The van der Waals surface area contributed by atoms with Crippen molar-refractivity contribution in [2.45, 2.75) is 116 Å². The second-order valence-electron chi connectivity index (χ2n) is 7.05. The fourth-order valence-corrected chi connectivity index (χ4v) is 3.02. The van der Waals surface area contributed by atoms with Gasteiger partial charge in [-0.15, -0.1) is 0 Å². The first kappa shape index (κ1) is 22.7. The monoisotopic (exact) mass is 324 g/mol. The van der Waals surface area contributed by atoms with Crippen LogP contribution in [0.5, 0.6) is 0 Å². The molecule has 4 N–H and O–H groups in total. The van der Waals surface area contributed by atoms with Gasteiger partial charge in [0.2, 0.25) is 0 Å². The summed E-state index contributed by atoms with van der Waals surface area (Å²) in [5, 5.41) is 0. The number of hydrogen-bond donors (Lipinski definition) is 2. The van der Waals surface area contributed by atoms with Crippen LogP contribution in [0.3, 0.4) is 0 Å². The van der Waals surface area contributed by atoms with Crippen LogP contribution in [0.1, 0.15) is 110 Å². The molecule has 2 nitrogen and oxygen atoms in total. The summed E-state index contributed by atoms with van der Waals surface area (Å²) in [7, 11) is 0. The minimum absolute atomic E-state index is 0.159. The Hall–Kier alpha value is -0.340. The quantitative estimate of drug-likeness (QED) is 0.237. The van der Waals surface area contributed by atoms with Gasteiger partial charge in [0.15, 0.2) is 0 Å². The van der Waals surface area contributed by atoms with E-state index in [2.05, 4.69) is 19.1 Å². The summed E-state index contributed by atoms with van der Waals surface area (Å²) in [6.07, 6.45) is 26.3. The van der Waals surface area contributed by atoms with Crippen LogP contribution in [0, 0.1) is 0 Å². The minimum Gasteiger partial charge on any atom is -0.330 e. The molecule has 0 aromatic rings. The van der Waals surface area contributed by atoms with Crippen molar-refractivity contribution in [1.29, 1.82) is 0 Å². The highest BCUT2D eigenvalue weighted by molar-refractivity contribution is 4.91. The highest BCUT2D eigenvalue weighted by atomic mass is 14.6. The zero-order chi connectivity index (χ0) is 17.0. The van der Waals surface area contributed by atoms with E-state index in [9.17, 15) is 0 Å². The van der Waals surface area contributed by atoms with E-state index in [1.807, 2.05) is 0 Å². The molecule has 0 saturated heterocycles. The SMILES string of the molecule is CCCCCCCCCCCCCCCCC=CC(N)CCN. The average molecular weight is 325 g/mol. The molecule has 0 fully saturated rings. The second-order valence-corrected chi connectivity index (χ2v) is 7.05. The van der Waals surface area contributed by atoms with Crippen molar-refractivity contribution < 1.29 is 0 Å². The Kier molecular flexibility index (Phi) is 19.4. The van der Waals surface area contributed by atoms with Gasteiger partial charge in [-0.05, 0) is 25.8 Å². The molecule has 0 saturated carbocycles. The van der Waals surface area contributed by atoms with E-state index in [0.29, 0.717) is 6.54 Å². The van der Waals surface area contributed by atoms with Crippen molar-refractivity contribution in [3.63, 3.8) is 0 Å². The predicted octanol–water partition coefficient (Wildman–Crippen LogP) is 6.09. The van der Waals surface area contributed by atoms with Crippen LogP contribution in [0.25, 0.3) is 0 Å². The van der Waals surface area contributed by atoms with Gasteiger partial charge in [-0.1, -0.05) is 103 Å². The summed E-state index contributed by atoms with van der Waals surface area (Å²) >= 11 is 0. The van der Waals surface area contributed by atoms with Crippen molar-refractivity contribution >= 4 is 0 Å². The Bertz CT molecular complexity index is 238. The molecule has 23 heavy (non-hydrogen) atoms. The van der Waals surface area contributed by atoms with Gasteiger partial charge >= 0.3 is 0 Å². The smallest absolute Gasteiger partial charge is 0.0235 e. The van der Waals surface area contributed by atoms with E-state index in [1.54, 1.807) is 0 Å². The van der Waals surface area contributed by atoms with Crippen LogP contribution in [0.2, 0.25) is 0 Å². The van der Waals surface area contributed by atoms with Crippen molar-refractivity contribution in [3.8, 4) is 0 Å². The maximum absolute atomic E-state index is 5.88. The third kappa shape index (κ3) is 19.6. The average Bonchev–Trinajstić information content (AvgIpc) is 2.54. The normalized spacial score (nSPS) is 13.0. The lowest BCUT2D eigenvalue weighted by atomic mass is 10.0. The van der Waals surface area contributed by atoms with Gasteiger partial charge in [-0.25, -0.2) is 0 Å². The van der Waals surface area contributed by atoms with Gasteiger partial charge in [0.1, 0.15) is 0 Å². The highest BCUT2D eigenvalue weighted by Gasteiger charge is 1.95. The van der Waals surface area contributed by atoms with E-state index in [1.165, 1.54) is 96.3 Å². The molecule has 0 aromatic carbocycles. The van der Waals surface area contributed by atoms with Crippen LogP contribution >= 0.6 is 0 Å². The molecule has 0 amide bonds. The maximum Gasteiger partial charge on any atom is 0.0235 e. The largest absolute Gasteiger partial charge is 0.330 e. The molecule has 0 aliphatic heterocycles. The van der Waals surface area contributed by atoms with Gasteiger partial charge in [0.25, 0.3) is 0 Å². The highest BCUT2D eigenvalue weighted by Crippen LogP contribution is 2.13. The third-order valence-corrected chi connectivity index (χ3v) is 4.61. The first-order valence-electron chi connectivity index (χ1n) is 10.4. The summed E-state index contributed by atoms with van der Waals surface area (Å²) in [4.78, 5) is 0. The molecule has 1 unspecified atom stereocenters. The lowest BCUT2D eigenvalue weighted by Gasteiger charge is -2.03. The summed E-state index contributed by atoms with van der Waals surface area (Å²) in [6, 6.07) is 0.159. The molecular formula is C21H44N2. The molecule has 0 aromatic heterocycles. The molecule has 0 heterocycles. The molecular weight excluding hydrogens is 280 g/mol. The molecule has 0 bridgehead atoms. The summed E-state index contributed by atoms with van der Waals surface area (Å²) < 4.78 is 0.